The first-order valence-corrected chi connectivity index (χ1v) is 6.34. The minimum atomic E-state index is -0.261. The maximum atomic E-state index is 13.1. The van der Waals surface area contributed by atoms with Crippen molar-refractivity contribution in [1.82, 2.24) is 0 Å². The molecule has 1 atom stereocenters. The highest BCUT2D eigenvalue weighted by molar-refractivity contribution is 5.36. The number of benzene rings is 1. The van der Waals surface area contributed by atoms with Gasteiger partial charge in [0.15, 0.2) is 0 Å². The predicted molar refractivity (Wildman–Crippen MR) is 66.5 cm³/mol. The molecular weight excluding hydrogens is 217 g/mol. The van der Waals surface area contributed by atoms with E-state index >= 15 is 0 Å². The molecule has 17 heavy (non-hydrogen) atoms. The molecule has 1 aromatic carbocycles. The van der Waals surface area contributed by atoms with E-state index in [0.717, 1.165) is 23.7 Å². The maximum absolute atomic E-state index is 13.1. The third kappa shape index (κ3) is 3.19. The first-order chi connectivity index (χ1) is 8.16. The summed E-state index contributed by atoms with van der Waals surface area (Å²) in [7, 11) is 0. The molecule has 0 aliphatic heterocycles. The molecule has 2 rings (SSSR count). The van der Waals surface area contributed by atoms with Crippen LogP contribution in [-0.2, 0) is 0 Å². The fourth-order valence-corrected chi connectivity index (χ4v) is 2.12. The lowest BCUT2D eigenvalue weighted by Crippen LogP contribution is -2.15. The zero-order valence-electron chi connectivity index (χ0n) is 10.3. The van der Waals surface area contributed by atoms with Crippen molar-refractivity contribution < 1.29 is 9.13 Å². The van der Waals surface area contributed by atoms with Crippen LogP contribution in [-0.4, -0.2) is 6.61 Å². The Labute approximate surface area is 102 Å². The SMILES string of the molecule is C[C@H](N)c1cc(F)ccc1OCCC1CCC1. The summed E-state index contributed by atoms with van der Waals surface area (Å²) >= 11 is 0. The highest BCUT2D eigenvalue weighted by Crippen LogP contribution is 2.30. The first-order valence-electron chi connectivity index (χ1n) is 6.34. The lowest BCUT2D eigenvalue weighted by atomic mass is 9.83. The van der Waals surface area contributed by atoms with Gasteiger partial charge in [0.25, 0.3) is 0 Å². The third-order valence-corrected chi connectivity index (χ3v) is 3.47. The lowest BCUT2D eigenvalue weighted by molar-refractivity contribution is 0.220. The molecule has 0 unspecified atom stereocenters. The minimum absolute atomic E-state index is 0.204. The van der Waals surface area contributed by atoms with Gasteiger partial charge in [0.2, 0.25) is 0 Å². The van der Waals surface area contributed by atoms with E-state index in [0.29, 0.717) is 6.61 Å². The van der Waals surface area contributed by atoms with Crippen LogP contribution in [0.15, 0.2) is 18.2 Å². The Bertz CT molecular complexity index is 374. The van der Waals surface area contributed by atoms with Crippen LogP contribution >= 0.6 is 0 Å². The largest absolute Gasteiger partial charge is 0.493 e. The Morgan fingerprint density at radius 1 is 1.47 bits per heavy atom. The predicted octanol–water partition coefficient (Wildman–Crippen LogP) is 3.41. The fraction of sp³-hybridized carbons (Fsp3) is 0.571. The van der Waals surface area contributed by atoms with Gasteiger partial charge in [0.05, 0.1) is 6.61 Å². The standard InChI is InChI=1S/C14H20FNO/c1-10(16)13-9-12(15)5-6-14(13)17-8-7-11-3-2-4-11/h5-6,9-11H,2-4,7-8,16H2,1H3/t10-/m0/s1. The minimum Gasteiger partial charge on any atom is -0.493 e. The monoisotopic (exact) mass is 237 g/mol. The number of hydrogen-bond donors (Lipinski definition) is 1. The molecule has 1 saturated carbocycles. The van der Waals surface area contributed by atoms with E-state index in [2.05, 4.69) is 0 Å². The van der Waals surface area contributed by atoms with Crippen molar-refractivity contribution in [2.75, 3.05) is 6.61 Å². The summed E-state index contributed by atoms with van der Waals surface area (Å²) in [6, 6.07) is 4.35. The van der Waals surface area contributed by atoms with Gasteiger partial charge in [-0.1, -0.05) is 19.3 Å². The van der Waals surface area contributed by atoms with Gasteiger partial charge in [-0.15, -0.1) is 0 Å². The van der Waals surface area contributed by atoms with E-state index in [1.165, 1.54) is 31.4 Å². The molecule has 0 amide bonds. The summed E-state index contributed by atoms with van der Waals surface area (Å²) in [5.74, 6) is 1.29. The van der Waals surface area contributed by atoms with Crippen LogP contribution in [0.2, 0.25) is 0 Å². The van der Waals surface area contributed by atoms with Gasteiger partial charge >= 0.3 is 0 Å². The van der Waals surface area contributed by atoms with Crippen molar-refractivity contribution in [3.8, 4) is 5.75 Å². The van der Waals surface area contributed by atoms with Crippen molar-refractivity contribution in [2.24, 2.45) is 11.7 Å². The summed E-state index contributed by atoms with van der Waals surface area (Å²) in [4.78, 5) is 0. The molecule has 0 aromatic heterocycles. The first kappa shape index (κ1) is 12.4. The van der Waals surface area contributed by atoms with Crippen LogP contribution in [0.25, 0.3) is 0 Å². The summed E-state index contributed by atoms with van der Waals surface area (Å²) in [5.41, 5.74) is 6.55. The molecule has 0 radical (unpaired) electrons. The highest BCUT2D eigenvalue weighted by Gasteiger charge is 2.17. The fourth-order valence-electron chi connectivity index (χ4n) is 2.12. The van der Waals surface area contributed by atoms with Gasteiger partial charge in [0, 0.05) is 11.6 Å². The molecule has 1 fully saturated rings. The molecule has 0 saturated heterocycles. The summed E-state index contributed by atoms with van der Waals surface area (Å²) in [5, 5.41) is 0. The van der Waals surface area contributed by atoms with Gasteiger partial charge in [-0.2, -0.15) is 0 Å². The van der Waals surface area contributed by atoms with E-state index in [-0.39, 0.29) is 11.9 Å². The van der Waals surface area contributed by atoms with Crippen molar-refractivity contribution >= 4 is 0 Å². The van der Waals surface area contributed by atoms with E-state index in [1.54, 1.807) is 6.07 Å². The van der Waals surface area contributed by atoms with Gasteiger partial charge in [-0.3, -0.25) is 0 Å². The summed E-state index contributed by atoms with van der Waals surface area (Å²) < 4.78 is 18.8. The molecule has 3 heteroatoms. The van der Waals surface area contributed by atoms with Crippen LogP contribution < -0.4 is 10.5 Å². The third-order valence-electron chi connectivity index (χ3n) is 3.47. The molecule has 0 spiro atoms. The van der Waals surface area contributed by atoms with Crippen molar-refractivity contribution in [1.29, 1.82) is 0 Å². The Morgan fingerprint density at radius 2 is 2.24 bits per heavy atom. The second-order valence-electron chi connectivity index (χ2n) is 4.90. The van der Waals surface area contributed by atoms with E-state index < -0.39 is 0 Å². The Hall–Kier alpha value is -1.09. The van der Waals surface area contributed by atoms with Gasteiger partial charge < -0.3 is 10.5 Å². The molecule has 0 heterocycles. The normalized spacial score (nSPS) is 17.6. The molecular formula is C14H20FNO. The molecule has 1 aliphatic rings. The molecule has 0 bridgehead atoms. The Balaban J connectivity index is 1.93. The number of ether oxygens (including phenoxy) is 1. The summed E-state index contributed by atoms with van der Waals surface area (Å²) in [6.07, 6.45) is 5.10. The van der Waals surface area contributed by atoms with Crippen LogP contribution in [0.4, 0.5) is 4.39 Å². The van der Waals surface area contributed by atoms with E-state index in [4.69, 9.17) is 10.5 Å². The average molecular weight is 237 g/mol. The maximum Gasteiger partial charge on any atom is 0.124 e. The number of hydrogen-bond acceptors (Lipinski definition) is 2. The van der Waals surface area contributed by atoms with Crippen LogP contribution in [0, 0.1) is 11.7 Å². The van der Waals surface area contributed by atoms with Crippen molar-refractivity contribution in [2.45, 2.75) is 38.6 Å². The zero-order valence-corrected chi connectivity index (χ0v) is 10.3. The topological polar surface area (TPSA) is 35.2 Å². The molecule has 2 nitrogen and oxygen atoms in total. The molecule has 2 N–H and O–H groups in total. The van der Waals surface area contributed by atoms with Gasteiger partial charge in [-0.05, 0) is 37.5 Å². The molecule has 1 aliphatic carbocycles. The molecule has 1 aromatic rings. The second kappa shape index (κ2) is 5.50. The van der Waals surface area contributed by atoms with Crippen LogP contribution in [0.5, 0.6) is 5.75 Å². The number of halogens is 1. The lowest BCUT2D eigenvalue weighted by Gasteiger charge is -2.25. The van der Waals surface area contributed by atoms with Gasteiger partial charge in [-0.25, -0.2) is 4.39 Å². The quantitative estimate of drug-likeness (QED) is 0.851. The van der Waals surface area contributed by atoms with Gasteiger partial charge in [0.1, 0.15) is 11.6 Å². The van der Waals surface area contributed by atoms with Crippen LogP contribution in [0.3, 0.4) is 0 Å². The second-order valence-corrected chi connectivity index (χ2v) is 4.90. The zero-order chi connectivity index (χ0) is 12.3. The van der Waals surface area contributed by atoms with Crippen LogP contribution in [0.1, 0.15) is 44.2 Å². The molecule has 94 valence electrons. The Kier molecular flexibility index (Phi) is 4.00. The highest BCUT2D eigenvalue weighted by atomic mass is 19.1. The average Bonchev–Trinajstić information content (AvgIpc) is 2.23. The van der Waals surface area contributed by atoms with Crippen molar-refractivity contribution in [3.63, 3.8) is 0 Å². The van der Waals surface area contributed by atoms with E-state index in [9.17, 15) is 4.39 Å². The Morgan fingerprint density at radius 3 is 2.82 bits per heavy atom. The van der Waals surface area contributed by atoms with E-state index in [1.807, 2.05) is 6.92 Å². The number of nitrogens with two attached hydrogens (primary N) is 1. The number of rotatable bonds is 5. The summed E-state index contributed by atoms with van der Waals surface area (Å²) in [6.45, 7) is 2.55. The smallest absolute Gasteiger partial charge is 0.124 e. The van der Waals surface area contributed by atoms with Crippen molar-refractivity contribution in [3.05, 3.63) is 29.6 Å².